The SMILES string of the molecule is COC(=O)c1ccc([I+]c2ccc(OC)cc2)cc1. The van der Waals surface area contributed by atoms with E-state index in [1.165, 1.54) is 14.3 Å². The highest BCUT2D eigenvalue weighted by atomic mass is 127. The molecule has 0 aliphatic rings. The van der Waals surface area contributed by atoms with Crippen LogP contribution in [0, 0.1) is 7.14 Å². The van der Waals surface area contributed by atoms with Gasteiger partial charge in [0, 0.05) is 0 Å². The van der Waals surface area contributed by atoms with Crippen molar-refractivity contribution in [3.8, 4) is 5.75 Å². The van der Waals surface area contributed by atoms with Crippen LogP contribution in [-0.4, -0.2) is 20.2 Å². The average molecular weight is 369 g/mol. The van der Waals surface area contributed by atoms with Gasteiger partial charge in [-0.2, -0.15) is 0 Å². The fourth-order valence-electron chi connectivity index (χ4n) is 1.53. The Balaban J connectivity index is 2.08. The Hall–Kier alpha value is -1.56. The molecule has 0 saturated heterocycles. The molecule has 0 unspecified atom stereocenters. The Morgan fingerprint density at radius 2 is 1.42 bits per heavy atom. The molecule has 0 heterocycles. The Bertz CT molecular complexity index is 547. The summed E-state index contributed by atoms with van der Waals surface area (Å²) in [5.41, 5.74) is 0.588. The van der Waals surface area contributed by atoms with Crippen molar-refractivity contribution >= 4 is 5.97 Å². The van der Waals surface area contributed by atoms with Crippen LogP contribution in [0.4, 0.5) is 0 Å². The molecule has 0 radical (unpaired) electrons. The summed E-state index contributed by atoms with van der Waals surface area (Å²) in [6.07, 6.45) is 0. The summed E-state index contributed by atoms with van der Waals surface area (Å²) >= 11 is -0.234. The zero-order valence-electron chi connectivity index (χ0n) is 10.7. The minimum Gasteiger partial charge on any atom is -0.497 e. The molecule has 0 fully saturated rings. The molecule has 98 valence electrons. The molecule has 0 bridgehead atoms. The summed E-state index contributed by atoms with van der Waals surface area (Å²) < 4.78 is 12.4. The van der Waals surface area contributed by atoms with Crippen LogP contribution >= 0.6 is 0 Å². The lowest BCUT2D eigenvalue weighted by Gasteiger charge is -1.97. The lowest BCUT2D eigenvalue weighted by atomic mass is 10.2. The van der Waals surface area contributed by atoms with E-state index < -0.39 is 0 Å². The number of carbonyl (C=O) groups is 1. The van der Waals surface area contributed by atoms with Gasteiger partial charge < -0.3 is 9.47 Å². The lowest BCUT2D eigenvalue weighted by molar-refractivity contribution is -0.597. The second-order valence-corrected chi connectivity index (χ2v) is 6.78. The summed E-state index contributed by atoms with van der Waals surface area (Å²) in [5, 5.41) is 0. The highest BCUT2D eigenvalue weighted by Crippen LogP contribution is 2.06. The number of hydrogen-bond donors (Lipinski definition) is 0. The first-order chi connectivity index (χ1) is 9.22. The van der Waals surface area contributed by atoms with E-state index in [-0.39, 0.29) is 27.2 Å². The molecule has 0 N–H and O–H groups in total. The summed E-state index contributed by atoms with van der Waals surface area (Å²) in [5.74, 6) is 0.572. The first-order valence-electron chi connectivity index (χ1n) is 5.70. The molecule has 0 aliphatic carbocycles. The monoisotopic (exact) mass is 369 g/mol. The molecule has 2 rings (SSSR count). The number of ether oxygens (including phenoxy) is 2. The minimum atomic E-state index is -0.297. The van der Waals surface area contributed by atoms with Crippen molar-refractivity contribution in [3.63, 3.8) is 0 Å². The summed E-state index contributed by atoms with van der Waals surface area (Å²) in [6, 6.07) is 15.7. The van der Waals surface area contributed by atoms with Crippen molar-refractivity contribution in [2.75, 3.05) is 14.2 Å². The van der Waals surface area contributed by atoms with Gasteiger partial charge in [0.2, 0.25) is 0 Å². The Kier molecular flexibility index (Phi) is 4.79. The van der Waals surface area contributed by atoms with E-state index in [0.29, 0.717) is 5.56 Å². The van der Waals surface area contributed by atoms with E-state index in [1.807, 2.05) is 36.4 Å². The molecule has 0 atom stereocenters. The number of carbonyl (C=O) groups excluding carboxylic acids is 1. The van der Waals surface area contributed by atoms with E-state index in [0.717, 1.165) is 5.75 Å². The molecular weight excluding hydrogens is 355 g/mol. The second kappa shape index (κ2) is 6.56. The van der Waals surface area contributed by atoms with Crippen molar-refractivity contribution in [1.82, 2.24) is 0 Å². The molecule has 2 aromatic carbocycles. The van der Waals surface area contributed by atoms with Gasteiger partial charge in [-0.3, -0.25) is 0 Å². The first-order valence-corrected chi connectivity index (χ1v) is 7.86. The highest BCUT2D eigenvalue weighted by Gasteiger charge is 2.16. The Morgan fingerprint density at radius 1 is 0.895 bits per heavy atom. The van der Waals surface area contributed by atoms with E-state index in [2.05, 4.69) is 16.9 Å². The van der Waals surface area contributed by atoms with Gasteiger partial charge in [0.25, 0.3) is 0 Å². The molecule has 0 aliphatic heterocycles. The number of halogens is 1. The standard InChI is InChI=1S/C15H14IO3/c1-18-14-9-7-13(8-10-14)16-12-5-3-11(4-6-12)15(17)19-2/h3-10H,1-2H3/q+1. The minimum absolute atomic E-state index is 0.234. The number of methoxy groups -OCH3 is 2. The Labute approximate surface area is 122 Å². The van der Waals surface area contributed by atoms with Crippen LogP contribution in [0.15, 0.2) is 48.5 Å². The molecule has 0 spiro atoms. The van der Waals surface area contributed by atoms with Crippen molar-refractivity contribution < 1.29 is 35.5 Å². The third kappa shape index (κ3) is 3.70. The molecule has 2 aromatic rings. The first kappa shape index (κ1) is 13.9. The quantitative estimate of drug-likeness (QED) is 0.544. The predicted molar refractivity (Wildman–Crippen MR) is 68.2 cm³/mol. The van der Waals surface area contributed by atoms with E-state index >= 15 is 0 Å². The maximum atomic E-state index is 11.3. The van der Waals surface area contributed by atoms with Crippen LogP contribution in [0.5, 0.6) is 5.75 Å². The number of hydrogen-bond acceptors (Lipinski definition) is 3. The molecular formula is C15H14IO3+. The average Bonchev–Trinajstić information content (AvgIpc) is 2.48. The van der Waals surface area contributed by atoms with Crippen LogP contribution in [0.25, 0.3) is 0 Å². The van der Waals surface area contributed by atoms with Gasteiger partial charge in [0.15, 0.2) is 7.14 Å². The van der Waals surface area contributed by atoms with Crippen molar-refractivity contribution in [1.29, 1.82) is 0 Å². The molecule has 0 amide bonds. The topological polar surface area (TPSA) is 35.5 Å². The van der Waals surface area contributed by atoms with Crippen molar-refractivity contribution in [2.45, 2.75) is 0 Å². The molecule has 3 nitrogen and oxygen atoms in total. The fourth-order valence-corrected chi connectivity index (χ4v) is 3.68. The van der Waals surface area contributed by atoms with Crippen LogP contribution in [0.3, 0.4) is 0 Å². The maximum absolute atomic E-state index is 11.3. The van der Waals surface area contributed by atoms with Gasteiger partial charge in [-0.1, -0.05) is 0 Å². The van der Waals surface area contributed by atoms with Gasteiger partial charge in [0.05, 0.1) is 19.8 Å². The van der Waals surface area contributed by atoms with Gasteiger partial charge in [-0.25, -0.2) is 4.79 Å². The zero-order chi connectivity index (χ0) is 13.7. The van der Waals surface area contributed by atoms with Crippen molar-refractivity contribution in [2.24, 2.45) is 0 Å². The number of esters is 1. The highest BCUT2D eigenvalue weighted by molar-refractivity contribution is 5.89. The number of rotatable bonds is 4. The molecule has 4 heteroatoms. The van der Waals surface area contributed by atoms with Gasteiger partial charge >= 0.3 is 27.2 Å². The molecule has 0 aromatic heterocycles. The van der Waals surface area contributed by atoms with Crippen LogP contribution in [-0.2, 0) is 4.74 Å². The maximum Gasteiger partial charge on any atom is 0.357 e. The fraction of sp³-hybridized carbons (Fsp3) is 0.133. The van der Waals surface area contributed by atoms with Crippen molar-refractivity contribution in [3.05, 3.63) is 61.2 Å². The summed E-state index contributed by atoms with van der Waals surface area (Å²) in [4.78, 5) is 11.3. The predicted octanol–water partition coefficient (Wildman–Crippen LogP) is -0.390. The largest absolute Gasteiger partial charge is 0.497 e. The zero-order valence-corrected chi connectivity index (χ0v) is 12.9. The summed E-state index contributed by atoms with van der Waals surface area (Å²) in [7, 11) is 3.05. The van der Waals surface area contributed by atoms with Crippen LogP contribution in [0.2, 0.25) is 0 Å². The third-order valence-corrected chi connectivity index (χ3v) is 5.22. The number of benzene rings is 2. The third-order valence-electron chi connectivity index (χ3n) is 2.53. The normalized spacial score (nSPS) is 10.0. The van der Waals surface area contributed by atoms with Crippen LogP contribution in [0.1, 0.15) is 10.4 Å². The van der Waals surface area contributed by atoms with Gasteiger partial charge in [-0.15, -0.1) is 0 Å². The molecule has 0 saturated carbocycles. The van der Waals surface area contributed by atoms with Gasteiger partial charge in [-0.05, 0) is 48.5 Å². The second-order valence-electron chi connectivity index (χ2n) is 3.75. The smallest absolute Gasteiger partial charge is 0.357 e. The van der Waals surface area contributed by atoms with Crippen LogP contribution < -0.4 is 25.9 Å². The lowest BCUT2D eigenvalue weighted by Crippen LogP contribution is -3.61. The Morgan fingerprint density at radius 3 is 1.89 bits per heavy atom. The van der Waals surface area contributed by atoms with E-state index in [1.54, 1.807) is 7.11 Å². The van der Waals surface area contributed by atoms with E-state index in [9.17, 15) is 4.79 Å². The summed E-state index contributed by atoms with van der Waals surface area (Å²) in [6.45, 7) is 0. The van der Waals surface area contributed by atoms with E-state index in [4.69, 9.17) is 4.74 Å². The van der Waals surface area contributed by atoms with Gasteiger partial charge in [0.1, 0.15) is 5.75 Å². The molecule has 19 heavy (non-hydrogen) atoms.